The second-order valence-corrected chi connectivity index (χ2v) is 12.8. The van der Waals surface area contributed by atoms with Crippen molar-refractivity contribution in [2.45, 2.75) is 49.8 Å². The first-order chi connectivity index (χ1) is 19.9. The van der Waals surface area contributed by atoms with Gasteiger partial charge in [0.2, 0.25) is 21.5 Å². The first-order valence-electron chi connectivity index (χ1n) is 13.6. The van der Waals surface area contributed by atoms with Crippen molar-refractivity contribution in [3.05, 3.63) is 65.0 Å². The van der Waals surface area contributed by atoms with Gasteiger partial charge in [-0.2, -0.15) is 0 Å². The van der Waals surface area contributed by atoms with Crippen molar-refractivity contribution in [2.24, 2.45) is 0 Å². The van der Waals surface area contributed by atoms with Gasteiger partial charge >= 0.3 is 12.1 Å². The number of alkyl carbamates (subject to hydrolysis) is 1. The fraction of sp³-hybridized carbons (Fsp3) is 0.429. The molecule has 2 saturated heterocycles. The lowest BCUT2D eigenvalue weighted by Crippen LogP contribution is -2.48. The number of nitrogens with one attached hydrogen (secondary N) is 3. The van der Waals surface area contributed by atoms with Crippen molar-refractivity contribution in [3.63, 3.8) is 0 Å². The Labute approximate surface area is 242 Å². The number of sulfonamides is 1. The lowest BCUT2D eigenvalue weighted by molar-refractivity contribution is -0.137. The number of hydrogen-bond acceptors (Lipinski definition) is 7. The molecule has 1 unspecified atom stereocenters. The number of fused-ring (bicyclic) bond motifs is 2. The molecule has 0 saturated carbocycles. The molecule has 1 aliphatic carbocycles. The van der Waals surface area contributed by atoms with Gasteiger partial charge in [-0.25, -0.2) is 26.7 Å². The number of anilines is 1. The molecule has 224 valence electrons. The predicted molar refractivity (Wildman–Crippen MR) is 149 cm³/mol. The van der Waals surface area contributed by atoms with E-state index in [4.69, 9.17) is 4.74 Å². The number of rotatable bonds is 7. The molecule has 2 fully saturated rings. The number of benzene rings is 2. The van der Waals surface area contributed by atoms with Crippen molar-refractivity contribution in [2.75, 3.05) is 31.7 Å². The largest absolute Gasteiger partial charge is 0.427 e. The summed E-state index contributed by atoms with van der Waals surface area (Å²) in [5.74, 6) is -1.81. The van der Waals surface area contributed by atoms with Crippen LogP contribution in [-0.2, 0) is 36.5 Å². The van der Waals surface area contributed by atoms with E-state index >= 15 is 0 Å². The summed E-state index contributed by atoms with van der Waals surface area (Å²) in [6.07, 6.45) is 1.11. The smallest absolute Gasteiger partial charge is 0.415 e. The Morgan fingerprint density at radius 1 is 1.14 bits per heavy atom. The summed E-state index contributed by atoms with van der Waals surface area (Å²) in [4.78, 5) is 52.7. The third kappa shape index (κ3) is 5.81. The Hall–Kier alpha value is -4.04. The zero-order valence-corrected chi connectivity index (χ0v) is 24.0. The molecule has 1 spiro atoms. The number of imide groups is 1. The van der Waals surface area contributed by atoms with Crippen molar-refractivity contribution < 1.29 is 36.7 Å². The Morgan fingerprint density at radius 2 is 1.83 bits per heavy atom. The molecule has 3 aliphatic rings. The van der Waals surface area contributed by atoms with Crippen LogP contribution in [0.2, 0.25) is 0 Å². The molecule has 12 nitrogen and oxygen atoms in total. The van der Waals surface area contributed by atoms with E-state index in [0.29, 0.717) is 35.2 Å². The van der Waals surface area contributed by atoms with Crippen LogP contribution in [0.15, 0.2) is 42.5 Å². The highest BCUT2D eigenvalue weighted by atomic mass is 32.2. The molecule has 2 aromatic rings. The highest BCUT2D eigenvalue weighted by Crippen LogP contribution is 2.51. The molecular formula is C28H32FN5O7S. The van der Waals surface area contributed by atoms with E-state index in [0.717, 1.165) is 6.26 Å². The summed E-state index contributed by atoms with van der Waals surface area (Å²) in [6, 6.07) is 9.97. The monoisotopic (exact) mass is 601 g/mol. The normalized spacial score (nSPS) is 22.4. The lowest BCUT2D eigenvalue weighted by atomic mass is 9.93. The van der Waals surface area contributed by atoms with Gasteiger partial charge in [0.15, 0.2) is 0 Å². The molecule has 2 heterocycles. The standard InChI is InChI=1S/C28H32FN5O7S/c1-30-26(37)31-20-7-8-23-22(14-20)18(15-28(23)25(36)32-27(38)41-28)13-24(35)34(16-17-3-5-19(29)6-4-17)21-9-11-33(12-10-21)42(2,39)40/h3-8,14,18,21H,9-13,15-16H2,1-2H3,(H2,30,31,37)(H,32,36,38)/t18?,28-/m1/s1. The van der Waals surface area contributed by atoms with E-state index in [1.807, 2.05) is 0 Å². The zero-order chi connectivity index (χ0) is 30.2. The van der Waals surface area contributed by atoms with Crippen LogP contribution in [0.5, 0.6) is 0 Å². The van der Waals surface area contributed by atoms with Gasteiger partial charge in [0.05, 0.1) is 6.26 Å². The number of amides is 5. The Kier molecular flexibility index (Phi) is 7.94. The molecule has 0 aromatic heterocycles. The molecule has 5 rings (SSSR count). The first kappa shape index (κ1) is 29.5. The summed E-state index contributed by atoms with van der Waals surface area (Å²) >= 11 is 0. The lowest BCUT2D eigenvalue weighted by Gasteiger charge is -2.38. The van der Waals surface area contributed by atoms with Crippen LogP contribution in [-0.4, -0.2) is 74.0 Å². The molecule has 3 N–H and O–H groups in total. The van der Waals surface area contributed by atoms with E-state index in [2.05, 4.69) is 16.0 Å². The summed E-state index contributed by atoms with van der Waals surface area (Å²) in [5, 5.41) is 7.34. The number of halogens is 1. The fourth-order valence-corrected chi connectivity index (χ4v) is 6.92. The zero-order valence-electron chi connectivity index (χ0n) is 23.2. The van der Waals surface area contributed by atoms with E-state index in [-0.39, 0.29) is 44.4 Å². The maximum absolute atomic E-state index is 14.0. The van der Waals surface area contributed by atoms with Crippen LogP contribution in [0, 0.1) is 5.82 Å². The summed E-state index contributed by atoms with van der Waals surface area (Å²) < 4.78 is 44.6. The van der Waals surface area contributed by atoms with Crippen LogP contribution in [0.4, 0.5) is 19.7 Å². The Balaban J connectivity index is 1.44. The number of urea groups is 1. The van der Waals surface area contributed by atoms with Gasteiger partial charge in [-0.1, -0.05) is 18.2 Å². The summed E-state index contributed by atoms with van der Waals surface area (Å²) in [5.41, 5.74) is 0.586. The van der Waals surface area contributed by atoms with Gasteiger partial charge in [0.25, 0.3) is 5.91 Å². The predicted octanol–water partition coefficient (Wildman–Crippen LogP) is 2.37. The van der Waals surface area contributed by atoms with E-state index in [1.54, 1.807) is 35.2 Å². The minimum atomic E-state index is -3.37. The van der Waals surface area contributed by atoms with Gasteiger partial charge in [-0.15, -0.1) is 0 Å². The molecular weight excluding hydrogens is 569 g/mol. The molecule has 14 heteroatoms. The van der Waals surface area contributed by atoms with Crippen LogP contribution in [0.3, 0.4) is 0 Å². The molecule has 5 amide bonds. The fourth-order valence-electron chi connectivity index (χ4n) is 6.05. The van der Waals surface area contributed by atoms with Crippen LogP contribution in [0.25, 0.3) is 0 Å². The van der Waals surface area contributed by atoms with Crippen molar-refractivity contribution in [1.29, 1.82) is 0 Å². The van der Waals surface area contributed by atoms with E-state index in [9.17, 15) is 32.0 Å². The topological polar surface area (TPSA) is 154 Å². The molecule has 2 aromatic carbocycles. The van der Waals surface area contributed by atoms with Crippen molar-refractivity contribution >= 4 is 39.6 Å². The molecule has 2 atom stereocenters. The number of ether oxygens (including phenoxy) is 1. The third-order valence-electron chi connectivity index (χ3n) is 8.14. The molecule has 42 heavy (non-hydrogen) atoms. The Morgan fingerprint density at radius 3 is 2.43 bits per heavy atom. The van der Waals surface area contributed by atoms with Gasteiger partial charge in [0, 0.05) is 56.8 Å². The van der Waals surface area contributed by atoms with Crippen LogP contribution in [0.1, 0.15) is 48.3 Å². The molecule has 0 bridgehead atoms. The quantitative estimate of drug-likeness (QED) is 0.440. The van der Waals surface area contributed by atoms with Crippen molar-refractivity contribution in [3.8, 4) is 0 Å². The SMILES string of the molecule is CNC(=O)Nc1ccc2c(c1)C(CC(=O)N(Cc1ccc(F)cc1)C1CCN(S(C)(=O)=O)CC1)C[C@@]21OC(=O)NC1=O. The third-order valence-corrected chi connectivity index (χ3v) is 9.44. The molecule has 2 aliphatic heterocycles. The van der Waals surface area contributed by atoms with Crippen LogP contribution >= 0.6 is 0 Å². The second-order valence-electron chi connectivity index (χ2n) is 10.8. The summed E-state index contributed by atoms with van der Waals surface area (Å²) in [7, 11) is -1.90. The summed E-state index contributed by atoms with van der Waals surface area (Å²) in [6.45, 7) is 0.703. The average molecular weight is 602 g/mol. The van der Waals surface area contributed by atoms with Crippen LogP contribution < -0.4 is 16.0 Å². The van der Waals surface area contributed by atoms with E-state index < -0.39 is 45.4 Å². The van der Waals surface area contributed by atoms with E-state index in [1.165, 1.54) is 23.5 Å². The van der Waals surface area contributed by atoms with Gasteiger partial charge in [0.1, 0.15) is 5.82 Å². The average Bonchev–Trinajstić information content (AvgIpc) is 3.41. The second kappa shape index (κ2) is 11.3. The molecule has 0 radical (unpaired) electrons. The van der Waals surface area contributed by atoms with Crippen molar-refractivity contribution in [1.82, 2.24) is 19.8 Å². The van der Waals surface area contributed by atoms with Gasteiger partial charge < -0.3 is 20.3 Å². The maximum Gasteiger partial charge on any atom is 0.415 e. The van der Waals surface area contributed by atoms with Gasteiger partial charge in [-0.05, 0) is 54.2 Å². The first-order valence-corrected chi connectivity index (χ1v) is 15.4. The number of nitrogens with zero attached hydrogens (tertiary/aromatic N) is 2. The van der Waals surface area contributed by atoms with Gasteiger partial charge in [-0.3, -0.25) is 14.9 Å². The number of piperidine rings is 1. The minimum Gasteiger partial charge on any atom is -0.427 e. The highest BCUT2D eigenvalue weighted by molar-refractivity contribution is 7.88. The number of carbonyl (C=O) groups is 4. The highest BCUT2D eigenvalue weighted by Gasteiger charge is 2.57. The number of carbonyl (C=O) groups excluding carboxylic acids is 4. The minimum absolute atomic E-state index is 0.0337. The number of hydrogen-bond donors (Lipinski definition) is 3. The Bertz CT molecular complexity index is 1530. The maximum atomic E-state index is 14.0.